The molecule has 1 saturated heterocycles. The van der Waals surface area contributed by atoms with Gasteiger partial charge in [0.05, 0.1) is 18.6 Å². The third-order valence-corrected chi connectivity index (χ3v) is 6.11. The lowest BCUT2D eigenvalue weighted by molar-refractivity contribution is 0.0606. The van der Waals surface area contributed by atoms with Crippen LogP contribution in [0.4, 0.5) is 5.13 Å². The molecule has 0 spiro atoms. The van der Waals surface area contributed by atoms with Crippen molar-refractivity contribution < 1.29 is 17.9 Å². The maximum atomic E-state index is 11.5. The Kier molecular flexibility index (Phi) is 4.03. The Balaban J connectivity index is 2.26. The third-order valence-electron chi connectivity index (χ3n) is 2.86. The molecule has 0 saturated carbocycles. The number of rotatable bonds is 2. The van der Waals surface area contributed by atoms with Crippen LogP contribution in [0.5, 0.6) is 0 Å². The van der Waals surface area contributed by atoms with Crippen LogP contribution in [-0.4, -0.2) is 50.6 Å². The standard InChI is InChI=1S/C10H13ClN2O4S2/c1-6-5-19(15,16)4-3-13(6)10-12-8(11)7(18-10)9(14)17-2/h6H,3-5H2,1-2H3. The van der Waals surface area contributed by atoms with Crippen molar-refractivity contribution in [3.8, 4) is 0 Å². The van der Waals surface area contributed by atoms with Crippen molar-refractivity contribution in [2.45, 2.75) is 13.0 Å². The van der Waals surface area contributed by atoms with Crippen molar-refractivity contribution in [2.24, 2.45) is 0 Å². The molecule has 0 aliphatic carbocycles. The second-order valence-corrected chi connectivity index (χ2v) is 7.83. The van der Waals surface area contributed by atoms with E-state index in [-0.39, 0.29) is 27.6 Å². The fraction of sp³-hybridized carbons (Fsp3) is 0.600. The molecule has 6 nitrogen and oxygen atoms in total. The molecular formula is C10H13ClN2O4S2. The van der Waals surface area contributed by atoms with E-state index >= 15 is 0 Å². The van der Waals surface area contributed by atoms with Crippen LogP contribution in [0.3, 0.4) is 0 Å². The molecule has 0 radical (unpaired) electrons. The van der Waals surface area contributed by atoms with E-state index < -0.39 is 15.8 Å². The minimum Gasteiger partial charge on any atom is -0.465 e. The molecule has 1 atom stereocenters. The summed E-state index contributed by atoms with van der Waals surface area (Å²) in [5.74, 6) is -0.370. The molecule has 1 aliphatic rings. The topological polar surface area (TPSA) is 76.6 Å². The van der Waals surface area contributed by atoms with Gasteiger partial charge in [-0.3, -0.25) is 0 Å². The predicted octanol–water partition coefficient (Wildman–Crippen LogP) is 1.21. The number of nitrogens with zero attached hydrogens (tertiary/aromatic N) is 2. The zero-order valence-electron chi connectivity index (χ0n) is 10.4. The van der Waals surface area contributed by atoms with Gasteiger partial charge in [-0.1, -0.05) is 22.9 Å². The van der Waals surface area contributed by atoms with Gasteiger partial charge >= 0.3 is 5.97 Å². The van der Waals surface area contributed by atoms with Gasteiger partial charge in [-0.25, -0.2) is 18.2 Å². The maximum absolute atomic E-state index is 11.5. The molecule has 2 rings (SSSR count). The largest absolute Gasteiger partial charge is 0.465 e. The second-order valence-electron chi connectivity index (χ2n) is 4.26. The predicted molar refractivity (Wildman–Crippen MR) is 73.9 cm³/mol. The molecule has 0 bridgehead atoms. The molecule has 1 unspecified atom stereocenters. The average molecular weight is 325 g/mol. The number of aromatic nitrogens is 1. The van der Waals surface area contributed by atoms with Crippen LogP contribution in [0.2, 0.25) is 5.15 Å². The van der Waals surface area contributed by atoms with Gasteiger partial charge < -0.3 is 9.64 Å². The molecule has 9 heteroatoms. The van der Waals surface area contributed by atoms with Crippen LogP contribution in [0.25, 0.3) is 0 Å². The number of thiazole rings is 1. The molecule has 0 aromatic carbocycles. The molecule has 1 fully saturated rings. The van der Waals surface area contributed by atoms with Crippen LogP contribution in [0.15, 0.2) is 0 Å². The highest BCUT2D eigenvalue weighted by molar-refractivity contribution is 7.91. The van der Waals surface area contributed by atoms with Crippen LogP contribution in [0, 0.1) is 0 Å². The minimum absolute atomic E-state index is 0.0811. The van der Waals surface area contributed by atoms with Gasteiger partial charge in [0, 0.05) is 12.6 Å². The Labute approximate surface area is 120 Å². The monoisotopic (exact) mass is 324 g/mol. The molecule has 106 valence electrons. The smallest absolute Gasteiger partial charge is 0.351 e. The number of esters is 1. The molecule has 2 heterocycles. The van der Waals surface area contributed by atoms with Crippen molar-refractivity contribution in [3.05, 3.63) is 10.0 Å². The Morgan fingerprint density at radius 2 is 2.26 bits per heavy atom. The fourth-order valence-electron chi connectivity index (χ4n) is 1.92. The van der Waals surface area contributed by atoms with Crippen molar-refractivity contribution in [1.29, 1.82) is 0 Å². The Bertz CT molecular complexity index is 599. The van der Waals surface area contributed by atoms with Crippen molar-refractivity contribution >= 4 is 43.9 Å². The lowest BCUT2D eigenvalue weighted by atomic mass is 10.3. The molecular weight excluding hydrogens is 312 g/mol. The minimum atomic E-state index is -2.99. The molecule has 1 aromatic rings. The van der Waals surface area contributed by atoms with E-state index in [0.717, 1.165) is 11.3 Å². The lowest BCUT2D eigenvalue weighted by Crippen LogP contribution is -2.46. The summed E-state index contributed by atoms with van der Waals surface area (Å²) in [4.78, 5) is 17.7. The van der Waals surface area contributed by atoms with Gasteiger partial charge in [-0.2, -0.15) is 0 Å². The Morgan fingerprint density at radius 1 is 1.58 bits per heavy atom. The summed E-state index contributed by atoms with van der Waals surface area (Å²) in [6.07, 6.45) is 0. The van der Waals surface area contributed by atoms with Gasteiger partial charge in [-0.05, 0) is 6.92 Å². The summed E-state index contributed by atoms with van der Waals surface area (Å²) in [5.41, 5.74) is 0. The highest BCUT2D eigenvalue weighted by atomic mass is 35.5. The lowest BCUT2D eigenvalue weighted by Gasteiger charge is -2.32. The number of hydrogen-bond donors (Lipinski definition) is 0. The average Bonchev–Trinajstić information content (AvgIpc) is 2.69. The van der Waals surface area contributed by atoms with E-state index in [2.05, 4.69) is 9.72 Å². The zero-order chi connectivity index (χ0) is 14.2. The van der Waals surface area contributed by atoms with Crippen molar-refractivity contribution in [1.82, 2.24) is 4.98 Å². The molecule has 1 aliphatic heterocycles. The first-order valence-corrected chi connectivity index (χ1v) is 8.57. The highest BCUT2D eigenvalue weighted by Crippen LogP contribution is 2.32. The molecule has 1 aromatic heterocycles. The first-order chi connectivity index (χ1) is 8.84. The second kappa shape index (κ2) is 5.26. The van der Waals surface area contributed by atoms with Crippen LogP contribution >= 0.6 is 22.9 Å². The summed E-state index contributed by atoms with van der Waals surface area (Å²) in [6.45, 7) is 2.16. The zero-order valence-corrected chi connectivity index (χ0v) is 12.8. The molecule has 19 heavy (non-hydrogen) atoms. The normalized spacial score (nSPS) is 22.3. The van der Waals surface area contributed by atoms with E-state index in [1.165, 1.54) is 7.11 Å². The quantitative estimate of drug-likeness (QED) is 0.761. The van der Waals surface area contributed by atoms with Crippen molar-refractivity contribution in [2.75, 3.05) is 30.1 Å². The van der Waals surface area contributed by atoms with Gasteiger partial charge in [0.2, 0.25) is 0 Å². The number of ether oxygens (including phenoxy) is 1. The Hall–Kier alpha value is -0.860. The van der Waals surface area contributed by atoms with E-state index in [9.17, 15) is 13.2 Å². The SMILES string of the molecule is COC(=O)c1sc(N2CCS(=O)(=O)CC2C)nc1Cl. The van der Waals surface area contributed by atoms with E-state index in [1.807, 2.05) is 11.8 Å². The van der Waals surface area contributed by atoms with E-state index in [4.69, 9.17) is 11.6 Å². The number of carbonyl (C=O) groups excluding carboxylic acids is 1. The Morgan fingerprint density at radius 3 is 2.84 bits per heavy atom. The number of halogens is 1. The van der Waals surface area contributed by atoms with Gasteiger partial charge in [0.15, 0.2) is 25.0 Å². The van der Waals surface area contributed by atoms with Crippen LogP contribution in [0.1, 0.15) is 16.6 Å². The number of sulfone groups is 1. The van der Waals surface area contributed by atoms with Crippen molar-refractivity contribution in [3.63, 3.8) is 0 Å². The molecule has 0 amide bonds. The summed E-state index contributed by atoms with van der Waals surface area (Å²) in [5, 5.41) is 0.639. The summed E-state index contributed by atoms with van der Waals surface area (Å²) >= 11 is 7.01. The van der Waals surface area contributed by atoms with E-state index in [1.54, 1.807) is 0 Å². The maximum Gasteiger partial charge on any atom is 0.351 e. The van der Waals surface area contributed by atoms with Crippen LogP contribution < -0.4 is 4.90 Å². The fourth-order valence-corrected chi connectivity index (χ4v) is 4.80. The number of carbonyl (C=O) groups is 1. The first kappa shape index (κ1) is 14.5. The van der Waals surface area contributed by atoms with Gasteiger partial charge in [0.25, 0.3) is 0 Å². The van der Waals surface area contributed by atoms with Gasteiger partial charge in [-0.15, -0.1) is 0 Å². The molecule has 0 N–H and O–H groups in total. The van der Waals surface area contributed by atoms with Crippen LogP contribution in [-0.2, 0) is 14.6 Å². The number of anilines is 1. The summed E-state index contributed by atoms with van der Waals surface area (Å²) in [6, 6.07) is -0.188. The number of methoxy groups -OCH3 is 1. The highest BCUT2D eigenvalue weighted by Gasteiger charge is 2.31. The summed E-state index contributed by atoms with van der Waals surface area (Å²) < 4.78 is 27.7. The van der Waals surface area contributed by atoms with E-state index in [0.29, 0.717) is 11.7 Å². The van der Waals surface area contributed by atoms with Gasteiger partial charge in [0.1, 0.15) is 0 Å². The third kappa shape index (κ3) is 3.01. The summed E-state index contributed by atoms with van der Waals surface area (Å²) in [7, 11) is -1.71. The first-order valence-electron chi connectivity index (χ1n) is 5.56. The number of hydrogen-bond acceptors (Lipinski definition) is 7.